The second-order valence-corrected chi connectivity index (χ2v) is 9.91. The van der Waals surface area contributed by atoms with Crippen molar-refractivity contribution in [3.05, 3.63) is 95.6 Å². The maximum Gasteiger partial charge on any atom is 0.119 e. The average Bonchev–Trinajstić information content (AvgIpc) is 3.28. The van der Waals surface area contributed by atoms with Crippen molar-refractivity contribution >= 4 is 34.0 Å². The van der Waals surface area contributed by atoms with Crippen molar-refractivity contribution in [2.45, 2.75) is 38.1 Å². The molecule has 5 heteroatoms. The number of ether oxygens (including phenoxy) is 1. The summed E-state index contributed by atoms with van der Waals surface area (Å²) in [4.78, 5) is 0. The lowest BCUT2D eigenvalue weighted by Crippen LogP contribution is -2.21. The first kappa shape index (κ1) is 24.8. The quantitative estimate of drug-likeness (QED) is 0.162. The Hall–Kier alpha value is -2.35. The van der Waals surface area contributed by atoms with Crippen molar-refractivity contribution in [2.75, 3.05) is 19.8 Å². The maximum absolute atomic E-state index is 9.85. The van der Waals surface area contributed by atoms with Crippen molar-refractivity contribution in [3.8, 4) is 11.5 Å². The molecule has 1 heterocycles. The van der Waals surface area contributed by atoms with Gasteiger partial charge in [0.15, 0.2) is 0 Å². The molecule has 2 N–H and O–H groups in total. The van der Waals surface area contributed by atoms with Gasteiger partial charge in [0.2, 0.25) is 0 Å². The van der Waals surface area contributed by atoms with Gasteiger partial charge in [-0.15, -0.1) is 0 Å². The Morgan fingerprint density at radius 2 is 1.59 bits per heavy atom. The normalized spacial score (nSPS) is 16.9. The minimum atomic E-state index is 0.140. The highest BCUT2D eigenvalue weighted by atomic mass is 127. The molecule has 1 fully saturated rings. The zero-order chi connectivity index (χ0) is 23.8. The number of allylic oxidation sites excluding steroid dienone is 1. The molecular formula is C29H32INO3. The van der Waals surface area contributed by atoms with Crippen LogP contribution in [0.2, 0.25) is 0 Å². The molecule has 0 aromatic heterocycles. The van der Waals surface area contributed by atoms with Crippen molar-refractivity contribution in [3.63, 3.8) is 0 Å². The average molecular weight is 569 g/mol. The zero-order valence-corrected chi connectivity index (χ0v) is 21.5. The third kappa shape index (κ3) is 6.40. The molecule has 178 valence electrons. The molecular weight excluding hydrogens is 537 g/mol. The first-order valence-corrected chi connectivity index (χ1v) is 13.0. The van der Waals surface area contributed by atoms with Gasteiger partial charge in [0, 0.05) is 42.1 Å². The van der Waals surface area contributed by atoms with Crippen LogP contribution in [-0.4, -0.2) is 39.1 Å². The molecule has 1 aliphatic heterocycles. The van der Waals surface area contributed by atoms with E-state index in [0.717, 1.165) is 47.5 Å². The van der Waals surface area contributed by atoms with Gasteiger partial charge in [0.25, 0.3) is 0 Å². The number of benzene rings is 3. The first-order valence-electron chi connectivity index (χ1n) is 12.0. The Morgan fingerprint density at radius 1 is 0.912 bits per heavy atom. The van der Waals surface area contributed by atoms with Gasteiger partial charge in [-0.3, -0.25) is 0 Å². The number of aromatic hydroxyl groups is 1. The highest BCUT2D eigenvalue weighted by molar-refractivity contribution is 14.1. The molecule has 0 amide bonds. The molecule has 0 radical (unpaired) electrons. The molecule has 0 spiro atoms. The lowest BCUT2D eigenvalue weighted by atomic mass is 9.87. The number of hydrogen-bond acceptors (Lipinski definition) is 4. The molecule has 1 saturated heterocycles. The second-order valence-electron chi connectivity index (χ2n) is 8.67. The summed E-state index contributed by atoms with van der Waals surface area (Å²) in [6.07, 6.45) is 5.00. The fraction of sp³-hybridized carbons (Fsp3) is 0.310. The number of phenols is 1. The van der Waals surface area contributed by atoms with Gasteiger partial charge >= 0.3 is 0 Å². The molecule has 3 aromatic carbocycles. The van der Waals surface area contributed by atoms with E-state index in [4.69, 9.17) is 4.74 Å². The highest BCUT2D eigenvalue weighted by Crippen LogP contribution is 2.36. The summed E-state index contributed by atoms with van der Waals surface area (Å²) in [5.41, 5.74) is 5.55. The number of halogens is 1. The van der Waals surface area contributed by atoms with E-state index in [2.05, 4.69) is 50.2 Å². The predicted octanol–water partition coefficient (Wildman–Crippen LogP) is 6.71. The van der Waals surface area contributed by atoms with Gasteiger partial charge in [0.05, 0.1) is 6.61 Å². The van der Waals surface area contributed by atoms with Gasteiger partial charge in [-0.05, 0) is 84.2 Å². The Morgan fingerprint density at radius 3 is 2.21 bits per heavy atom. The fourth-order valence-corrected chi connectivity index (χ4v) is 5.47. The maximum atomic E-state index is 9.85. The van der Waals surface area contributed by atoms with Crippen LogP contribution in [-0.2, 0) is 0 Å². The van der Waals surface area contributed by atoms with E-state index >= 15 is 0 Å². The molecule has 0 aliphatic carbocycles. The van der Waals surface area contributed by atoms with Crippen molar-refractivity contribution in [1.29, 1.82) is 0 Å². The van der Waals surface area contributed by atoms with E-state index < -0.39 is 0 Å². The fourth-order valence-electron chi connectivity index (χ4n) is 4.57. The van der Waals surface area contributed by atoms with E-state index in [-0.39, 0.29) is 12.4 Å². The van der Waals surface area contributed by atoms with Crippen LogP contribution in [0, 0.1) is 0 Å². The van der Waals surface area contributed by atoms with Gasteiger partial charge in [-0.2, -0.15) is 0 Å². The van der Waals surface area contributed by atoms with Crippen LogP contribution in [0.25, 0.3) is 11.1 Å². The van der Waals surface area contributed by atoms with Gasteiger partial charge in [-0.25, -0.2) is 3.11 Å². The van der Waals surface area contributed by atoms with Crippen LogP contribution in [0.5, 0.6) is 11.5 Å². The Bertz CT molecular complexity index is 1060. The van der Waals surface area contributed by atoms with E-state index in [1.165, 1.54) is 25.0 Å². The molecule has 1 aliphatic rings. The Labute approximate surface area is 216 Å². The molecule has 1 unspecified atom stereocenters. The minimum Gasteiger partial charge on any atom is -0.508 e. The van der Waals surface area contributed by atoms with Crippen molar-refractivity contribution < 1.29 is 14.9 Å². The molecule has 4 rings (SSSR count). The van der Waals surface area contributed by atoms with Crippen LogP contribution >= 0.6 is 22.9 Å². The Balaban J connectivity index is 1.63. The standard InChI is InChI=1S/C29H32INO3/c30-31-19-4-8-25(31)18-21-34-27-16-12-24(13-17-27)29(23-10-14-26(33)15-11-23)28(9-5-20-32)22-6-2-1-3-7-22/h1-3,6-7,10-17,25,32-33H,4-5,8-9,18-21H2/b29-28-. The topological polar surface area (TPSA) is 52.9 Å². The number of nitrogens with zero attached hydrogens (tertiary/aromatic N) is 1. The van der Waals surface area contributed by atoms with E-state index in [1.807, 2.05) is 42.5 Å². The van der Waals surface area contributed by atoms with E-state index in [1.54, 1.807) is 12.1 Å². The van der Waals surface area contributed by atoms with Crippen LogP contribution in [0.15, 0.2) is 78.9 Å². The third-order valence-corrected chi connectivity index (χ3v) is 7.60. The molecule has 3 aromatic rings. The van der Waals surface area contributed by atoms with Crippen LogP contribution in [0.4, 0.5) is 0 Å². The minimum absolute atomic E-state index is 0.140. The lowest BCUT2D eigenvalue weighted by molar-refractivity contribution is 0.276. The van der Waals surface area contributed by atoms with Crippen molar-refractivity contribution in [1.82, 2.24) is 3.11 Å². The first-order chi connectivity index (χ1) is 16.7. The molecule has 1 atom stereocenters. The summed E-state index contributed by atoms with van der Waals surface area (Å²) in [7, 11) is 0. The molecule has 0 bridgehead atoms. The smallest absolute Gasteiger partial charge is 0.119 e. The summed E-state index contributed by atoms with van der Waals surface area (Å²) in [5.74, 6) is 1.12. The number of hydrogen-bond donors (Lipinski definition) is 2. The summed E-state index contributed by atoms with van der Waals surface area (Å²) in [6.45, 7) is 2.03. The summed E-state index contributed by atoms with van der Waals surface area (Å²) in [6, 6.07) is 26.6. The van der Waals surface area contributed by atoms with Crippen molar-refractivity contribution in [2.24, 2.45) is 0 Å². The summed E-state index contributed by atoms with van der Waals surface area (Å²) < 4.78 is 8.47. The molecule has 0 saturated carbocycles. The molecule has 4 nitrogen and oxygen atoms in total. The number of rotatable bonds is 10. The third-order valence-electron chi connectivity index (χ3n) is 6.33. The molecule has 34 heavy (non-hydrogen) atoms. The second kappa shape index (κ2) is 12.4. The predicted molar refractivity (Wildman–Crippen MR) is 147 cm³/mol. The SMILES string of the molecule is OCCC/C(=C(\c1ccc(O)cc1)c1ccc(OCCC2CCCN2I)cc1)c1ccccc1. The van der Waals surface area contributed by atoms with E-state index in [9.17, 15) is 10.2 Å². The van der Waals surface area contributed by atoms with Gasteiger partial charge in [-0.1, -0.05) is 54.6 Å². The number of aliphatic hydroxyl groups excluding tert-OH is 1. The summed E-state index contributed by atoms with van der Waals surface area (Å²) in [5, 5.41) is 19.4. The number of phenolic OH excluding ortho intramolecular Hbond substituents is 1. The zero-order valence-electron chi connectivity index (χ0n) is 19.4. The largest absolute Gasteiger partial charge is 0.508 e. The van der Waals surface area contributed by atoms with Crippen LogP contribution < -0.4 is 4.74 Å². The monoisotopic (exact) mass is 569 g/mol. The van der Waals surface area contributed by atoms with Gasteiger partial charge in [0.1, 0.15) is 11.5 Å². The summed E-state index contributed by atoms with van der Waals surface area (Å²) >= 11 is 2.43. The Kier molecular flexibility index (Phi) is 9.02. The lowest BCUT2D eigenvalue weighted by Gasteiger charge is -2.19. The van der Waals surface area contributed by atoms with E-state index in [0.29, 0.717) is 12.5 Å². The van der Waals surface area contributed by atoms with Gasteiger partial charge < -0.3 is 14.9 Å². The number of aliphatic hydroxyl groups is 1. The van der Waals surface area contributed by atoms with Crippen LogP contribution in [0.3, 0.4) is 0 Å². The highest BCUT2D eigenvalue weighted by Gasteiger charge is 2.22. The van der Waals surface area contributed by atoms with Crippen LogP contribution in [0.1, 0.15) is 48.8 Å².